The fraction of sp³-hybridized carbons (Fsp3) is 0.417. The van der Waals surface area contributed by atoms with Crippen LogP contribution in [0.15, 0.2) is 42.5 Å². The van der Waals surface area contributed by atoms with Crippen molar-refractivity contribution >= 4 is 23.3 Å². The second-order valence-electron chi connectivity index (χ2n) is 8.41. The molecule has 3 N–H and O–H groups in total. The molecule has 0 bridgehead atoms. The minimum atomic E-state index is -2.14. The maximum atomic E-state index is 13.4. The third-order valence-electron chi connectivity index (χ3n) is 6.27. The van der Waals surface area contributed by atoms with E-state index in [0.29, 0.717) is 23.5 Å². The second kappa shape index (κ2) is 8.69. The predicted molar refractivity (Wildman–Crippen MR) is 121 cm³/mol. The van der Waals surface area contributed by atoms with Gasteiger partial charge in [0.2, 0.25) is 0 Å². The Hall–Kier alpha value is -2.90. The number of para-hydroxylation sites is 1. The molecule has 1 saturated heterocycles. The standard InChI is InChI=1S/C24H30N4O3/c1-17-10-11-19(16-18(17)2)28-23(30)26-21-9-4-3-8-20(21)24(28,31)22(29)25-12-7-15-27-13-5-6-14-27/h3-4,8-11,16,31H,5-7,12-15H2,1-2H3,(H,25,29)(H,26,30)/t24-/m1/s1. The minimum absolute atomic E-state index is 0.352. The molecule has 7 heteroatoms. The SMILES string of the molecule is Cc1ccc(N2C(=O)Nc3ccccc3[C@@]2(O)C(=O)NCCCN2CCCC2)cc1C. The van der Waals surface area contributed by atoms with Gasteiger partial charge in [-0.1, -0.05) is 24.3 Å². The van der Waals surface area contributed by atoms with Gasteiger partial charge in [-0.15, -0.1) is 0 Å². The Morgan fingerprint density at radius 3 is 2.61 bits per heavy atom. The molecule has 0 aliphatic carbocycles. The first-order valence-corrected chi connectivity index (χ1v) is 10.9. The van der Waals surface area contributed by atoms with Crippen molar-refractivity contribution in [2.75, 3.05) is 36.4 Å². The summed E-state index contributed by atoms with van der Waals surface area (Å²) in [7, 11) is 0. The number of carbonyl (C=O) groups excluding carboxylic acids is 2. The normalized spacial score (nSPS) is 21.0. The molecule has 0 spiro atoms. The van der Waals surface area contributed by atoms with Crippen molar-refractivity contribution in [3.63, 3.8) is 0 Å². The molecule has 0 saturated carbocycles. The highest BCUT2D eigenvalue weighted by atomic mass is 16.3. The van der Waals surface area contributed by atoms with Gasteiger partial charge in [0.05, 0.1) is 5.69 Å². The predicted octanol–water partition coefficient (Wildman–Crippen LogP) is 3.10. The number of nitrogens with zero attached hydrogens (tertiary/aromatic N) is 2. The van der Waals surface area contributed by atoms with Gasteiger partial charge in [-0.3, -0.25) is 9.69 Å². The van der Waals surface area contributed by atoms with Crippen molar-refractivity contribution in [1.29, 1.82) is 0 Å². The molecule has 7 nitrogen and oxygen atoms in total. The molecule has 2 aromatic carbocycles. The maximum absolute atomic E-state index is 13.4. The molecular weight excluding hydrogens is 392 g/mol. The Labute approximate surface area is 183 Å². The van der Waals surface area contributed by atoms with Crippen LogP contribution < -0.4 is 15.5 Å². The van der Waals surface area contributed by atoms with E-state index in [2.05, 4.69) is 15.5 Å². The number of rotatable bonds is 6. The van der Waals surface area contributed by atoms with Crippen LogP contribution in [-0.2, 0) is 10.5 Å². The molecule has 2 aliphatic rings. The summed E-state index contributed by atoms with van der Waals surface area (Å²) in [6.45, 7) is 7.47. The van der Waals surface area contributed by atoms with Crippen molar-refractivity contribution < 1.29 is 14.7 Å². The number of hydrogen-bond donors (Lipinski definition) is 3. The van der Waals surface area contributed by atoms with E-state index in [1.807, 2.05) is 26.0 Å². The van der Waals surface area contributed by atoms with Crippen molar-refractivity contribution in [1.82, 2.24) is 10.2 Å². The summed E-state index contributed by atoms with van der Waals surface area (Å²) in [5, 5.41) is 17.5. The molecule has 2 aromatic rings. The Balaban J connectivity index is 1.62. The van der Waals surface area contributed by atoms with Crippen LogP contribution in [0, 0.1) is 13.8 Å². The number of nitrogens with one attached hydrogen (secondary N) is 2. The van der Waals surface area contributed by atoms with E-state index >= 15 is 0 Å². The van der Waals surface area contributed by atoms with E-state index in [0.717, 1.165) is 42.1 Å². The molecule has 164 valence electrons. The van der Waals surface area contributed by atoms with Crippen molar-refractivity contribution in [3.8, 4) is 0 Å². The fourth-order valence-corrected chi connectivity index (χ4v) is 4.36. The summed E-state index contributed by atoms with van der Waals surface area (Å²) < 4.78 is 0. The highest BCUT2D eigenvalue weighted by Crippen LogP contribution is 2.40. The number of urea groups is 1. The second-order valence-corrected chi connectivity index (χ2v) is 8.41. The Morgan fingerprint density at radius 2 is 1.87 bits per heavy atom. The number of fused-ring (bicyclic) bond motifs is 1. The average molecular weight is 423 g/mol. The minimum Gasteiger partial charge on any atom is -0.359 e. The molecule has 3 amide bonds. The van der Waals surface area contributed by atoms with Gasteiger partial charge in [-0.2, -0.15) is 0 Å². The number of aryl methyl sites for hydroxylation is 2. The lowest BCUT2D eigenvalue weighted by molar-refractivity contribution is -0.140. The van der Waals surface area contributed by atoms with Crippen LogP contribution in [0.2, 0.25) is 0 Å². The van der Waals surface area contributed by atoms with Gasteiger partial charge in [0.1, 0.15) is 0 Å². The lowest BCUT2D eigenvalue weighted by atomic mass is 9.94. The topological polar surface area (TPSA) is 84.9 Å². The van der Waals surface area contributed by atoms with E-state index in [-0.39, 0.29) is 0 Å². The van der Waals surface area contributed by atoms with Crippen LogP contribution in [0.1, 0.15) is 36.0 Å². The quantitative estimate of drug-likeness (QED) is 0.625. The lowest BCUT2D eigenvalue weighted by Gasteiger charge is -2.42. The van der Waals surface area contributed by atoms with E-state index in [9.17, 15) is 14.7 Å². The third kappa shape index (κ3) is 4.03. The molecule has 2 aliphatic heterocycles. The van der Waals surface area contributed by atoms with Crippen LogP contribution in [0.4, 0.5) is 16.2 Å². The van der Waals surface area contributed by atoms with Crippen molar-refractivity contribution in [3.05, 3.63) is 59.2 Å². The Kier molecular flexibility index (Phi) is 5.98. The van der Waals surface area contributed by atoms with Crippen molar-refractivity contribution in [2.24, 2.45) is 0 Å². The molecular formula is C24H30N4O3. The van der Waals surface area contributed by atoms with E-state index < -0.39 is 17.7 Å². The van der Waals surface area contributed by atoms with Crippen molar-refractivity contribution in [2.45, 2.75) is 38.8 Å². The van der Waals surface area contributed by atoms with Gasteiger partial charge >= 0.3 is 6.03 Å². The van der Waals surface area contributed by atoms with Gasteiger partial charge in [0.15, 0.2) is 0 Å². The lowest BCUT2D eigenvalue weighted by Crippen LogP contribution is -2.62. The monoisotopic (exact) mass is 422 g/mol. The number of benzene rings is 2. The van der Waals surface area contributed by atoms with E-state index in [4.69, 9.17) is 0 Å². The van der Waals surface area contributed by atoms with Crippen LogP contribution in [-0.4, -0.2) is 48.1 Å². The smallest absolute Gasteiger partial charge is 0.329 e. The summed E-state index contributed by atoms with van der Waals surface area (Å²) >= 11 is 0. The first kappa shape index (κ1) is 21.3. The number of hydrogen-bond acceptors (Lipinski definition) is 4. The number of carbonyl (C=O) groups is 2. The molecule has 4 rings (SSSR count). The fourth-order valence-electron chi connectivity index (χ4n) is 4.36. The molecule has 1 fully saturated rings. The maximum Gasteiger partial charge on any atom is 0.329 e. The van der Waals surface area contributed by atoms with Gasteiger partial charge in [-0.05, 0) is 82.1 Å². The zero-order valence-corrected chi connectivity index (χ0v) is 18.1. The Bertz CT molecular complexity index is 987. The number of amides is 3. The molecule has 0 radical (unpaired) electrons. The van der Waals surface area contributed by atoms with Crippen LogP contribution in [0.3, 0.4) is 0 Å². The molecule has 0 unspecified atom stereocenters. The van der Waals surface area contributed by atoms with E-state index in [1.54, 1.807) is 30.3 Å². The first-order valence-electron chi connectivity index (χ1n) is 10.9. The third-order valence-corrected chi connectivity index (χ3v) is 6.27. The van der Waals surface area contributed by atoms with Gasteiger partial charge < -0.3 is 20.6 Å². The summed E-state index contributed by atoms with van der Waals surface area (Å²) in [6.07, 6.45) is 3.24. The van der Waals surface area contributed by atoms with Gasteiger partial charge in [0.25, 0.3) is 11.6 Å². The van der Waals surface area contributed by atoms with Crippen LogP contribution >= 0.6 is 0 Å². The zero-order chi connectivity index (χ0) is 22.0. The highest BCUT2D eigenvalue weighted by molar-refractivity contribution is 6.11. The van der Waals surface area contributed by atoms with E-state index in [1.165, 1.54) is 12.8 Å². The molecule has 2 heterocycles. The summed E-state index contributed by atoms with van der Waals surface area (Å²) in [4.78, 5) is 29.9. The van der Waals surface area contributed by atoms with Gasteiger partial charge in [-0.25, -0.2) is 4.79 Å². The van der Waals surface area contributed by atoms with Gasteiger partial charge in [0, 0.05) is 17.8 Å². The average Bonchev–Trinajstić information content (AvgIpc) is 3.27. The largest absolute Gasteiger partial charge is 0.359 e. The zero-order valence-electron chi connectivity index (χ0n) is 18.1. The Morgan fingerprint density at radius 1 is 1.13 bits per heavy atom. The summed E-state index contributed by atoms with van der Waals surface area (Å²) in [6, 6.07) is 11.8. The number of anilines is 2. The first-order chi connectivity index (χ1) is 14.9. The summed E-state index contributed by atoms with van der Waals surface area (Å²) in [5.74, 6) is -0.602. The number of aliphatic hydroxyl groups is 1. The highest BCUT2D eigenvalue weighted by Gasteiger charge is 2.51. The van der Waals surface area contributed by atoms with Crippen LogP contribution in [0.25, 0.3) is 0 Å². The molecule has 1 atom stereocenters. The molecule has 0 aromatic heterocycles. The summed E-state index contributed by atoms with van der Waals surface area (Å²) in [5.41, 5.74) is 1.14. The molecule has 31 heavy (non-hydrogen) atoms. The number of likely N-dealkylation sites (tertiary alicyclic amines) is 1. The van der Waals surface area contributed by atoms with Crippen LogP contribution in [0.5, 0.6) is 0 Å².